The lowest BCUT2D eigenvalue weighted by Gasteiger charge is -1.99. The predicted octanol–water partition coefficient (Wildman–Crippen LogP) is 1.38. The summed E-state index contributed by atoms with van der Waals surface area (Å²) in [5.74, 6) is -2.58. The van der Waals surface area contributed by atoms with Crippen LogP contribution >= 0.6 is 0 Å². The molecule has 0 radical (unpaired) electrons. The van der Waals surface area contributed by atoms with E-state index in [1.807, 2.05) is 0 Å². The van der Waals surface area contributed by atoms with Crippen molar-refractivity contribution in [2.75, 3.05) is 0 Å². The van der Waals surface area contributed by atoms with E-state index < -0.39 is 27.8 Å². The van der Waals surface area contributed by atoms with Crippen molar-refractivity contribution in [1.82, 2.24) is 10.2 Å². The molecule has 2 N–H and O–H groups in total. The van der Waals surface area contributed by atoms with E-state index in [4.69, 9.17) is 10.2 Å². The lowest BCUT2D eigenvalue weighted by atomic mass is 10.2. The van der Waals surface area contributed by atoms with Gasteiger partial charge >= 0.3 is 5.69 Å². The average molecular weight is 256 g/mol. The van der Waals surface area contributed by atoms with Crippen molar-refractivity contribution in [1.29, 1.82) is 0 Å². The normalized spacial score (nSPS) is 10.6. The molecule has 1 heterocycles. The molecule has 7 nitrogen and oxygen atoms in total. The molecule has 0 unspecified atom stereocenters. The highest BCUT2D eigenvalue weighted by Gasteiger charge is 2.24. The lowest BCUT2D eigenvalue weighted by molar-refractivity contribution is -0.387. The molecule has 2 aromatic rings. The molecule has 9 heteroatoms. The second kappa shape index (κ2) is 4.45. The first kappa shape index (κ1) is 12.0. The Morgan fingerprint density at radius 1 is 1.39 bits per heavy atom. The van der Waals surface area contributed by atoms with Crippen LogP contribution in [0.25, 0.3) is 11.5 Å². The first-order valence-corrected chi connectivity index (χ1v) is 4.69. The molecule has 0 aliphatic rings. The van der Waals surface area contributed by atoms with Crippen molar-refractivity contribution in [3.8, 4) is 11.5 Å². The maximum atomic E-state index is 13.7. The van der Waals surface area contributed by atoms with E-state index in [1.165, 1.54) is 0 Å². The maximum Gasteiger partial charge on any atom is 0.308 e. The van der Waals surface area contributed by atoms with Gasteiger partial charge in [-0.3, -0.25) is 10.1 Å². The SMILES string of the molecule is NCc1nnc(-c2cc(F)cc([N+](=O)[O-])c2F)o1. The van der Waals surface area contributed by atoms with Crippen LogP contribution in [0.15, 0.2) is 16.5 Å². The number of hydrogen-bond acceptors (Lipinski definition) is 6. The zero-order valence-electron chi connectivity index (χ0n) is 8.76. The van der Waals surface area contributed by atoms with Crippen LogP contribution in [0.5, 0.6) is 0 Å². The number of nitro benzene ring substituents is 1. The van der Waals surface area contributed by atoms with Gasteiger partial charge in [-0.2, -0.15) is 4.39 Å². The Bertz CT molecular complexity index is 614. The van der Waals surface area contributed by atoms with E-state index in [2.05, 4.69) is 10.2 Å². The van der Waals surface area contributed by atoms with Gasteiger partial charge in [0.2, 0.25) is 11.7 Å². The molecule has 1 aromatic heterocycles. The van der Waals surface area contributed by atoms with Crippen LogP contribution < -0.4 is 5.73 Å². The van der Waals surface area contributed by atoms with Gasteiger partial charge in [0, 0.05) is 0 Å². The third-order valence-electron chi connectivity index (χ3n) is 2.09. The van der Waals surface area contributed by atoms with Crippen molar-refractivity contribution >= 4 is 5.69 Å². The first-order chi connectivity index (χ1) is 8.52. The summed E-state index contributed by atoms with van der Waals surface area (Å²) in [7, 11) is 0. The fourth-order valence-electron chi connectivity index (χ4n) is 1.31. The number of rotatable bonds is 3. The number of benzene rings is 1. The van der Waals surface area contributed by atoms with E-state index in [1.54, 1.807) is 0 Å². The van der Waals surface area contributed by atoms with Crippen molar-refractivity contribution in [2.45, 2.75) is 6.54 Å². The second-order valence-corrected chi connectivity index (χ2v) is 3.25. The van der Waals surface area contributed by atoms with Crippen LogP contribution in [-0.2, 0) is 6.54 Å². The third-order valence-corrected chi connectivity index (χ3v) is 2.09. The topological polar surface area (TPSA) is 108 Å². The molecule has 0 aliphatic carbocycles. The lowest BCUT2D eigenvalue weighted by Crippen LogP contribution is -1.97. The average Bonchev–Trinajstić information content (AvgIpc) is 2.79. The fourth-order valence-corrected chi connectivity index (χ4v) is 1.31. The van der Waals surface area contributed by atoms with Gasteiger partial charge in [0.1, 0.15) is 5.82 Å². The summed E-state index contributed by atoms with van der Waals surface area (Å²) >= 11 is 0. The van der Waals surface area contributed by atoms with E-state index in [0.717, 1.165) is 6.07 Å². The summed E-state index contributed by atoms with van der Waals surface area (Å²) in [4.78, 5) is 9.49. The van der Waals surface area contributed by atoms with Gasteiger partial charge in [0.25, 0.3) is 5.89 Å². The number of nitrogens with zero attached hydrogens (tertiary/aromatic N) is 3. The van der Waals surface area contributed by atoms with Crippen LogP contribution in [0, 0.1) is 21.7 Å². The maximum absolute atomic E-state index is 13.7. The van der Waals surface area contributed by atoms with Crippen LogP contribution in [0.4, 0.5) is 14.5 Å². The molecule has 1 aromatic carbocycles. The third kappa shape index (κ3) is 2.02. The summed E-state index contributed by atoms with van der Waals surface area (Å²) < 4.78 is 31.8. The van der Waals surface area contributed by atoms with Crippen molar-refractivity contribution < 1.29 is 18.1 Å². The Morgan fingerprint density at radius 3 is 2.67 bits per heavy atom. The zero-order chi connectivity index (χ0) is 13.3. The molecule has 0 fully saturated rings. The molecular formula is C9H6F2N4O3. The summed E-state index contributed by atoms with van der Waals surface area (Å²) in [6, 6.07) is 1.20. The van der Waals surface area contributed by atoms with Gasteiger partial charge in [-0.25, -0.2) is 4.39 Å². The highest BCUT2D eigenvalue weighted by Crippen LogP contribution is 2.29. The van der Waals surface area contributed by atoms with E-state index >= 15 is 0 Å². The quantitative estimate of drug-likeness (QED) is 0.656. The molecular weight excluding hydrogens is 250 g/mol. The monoisotopic (exact) mass is 256 g/mol. The molecule has 0 spiro atoms. The standard InChI is InChI=1S/C9H6F2N4O3/c10-4-1-5(8(11)6(2-4)15(16)17)9-14-13-7(3-12)18-9/h1-2H,3,12H2. The summed E-state index contributed by atoms with van der Waals surface area (Å²) in [5, 5.41) is 17.4. The fraction of sp³-hybridized carbons (Fsp3) is 0.111. The molecule has 0 aliphatic heterocycles. The highest BCUT2D eigenvalue weighted by atomic mass is 19.1. The van der Waals surface area contributed by atoms with Gasteiger partial charge in [0.05, 0.1) is 23.1 Å². The first-order valence-electron chi connectivity index (χ1n) is 4.69. The van der Waals surface area contributed by atoms with Gasteiger partial charge < -0.3 is 10.2 Å². The highest BCUT2D eigenvalue weighted by molar-refractivity contribution is 5.59. The number of aromatic nitrogens is 2. The molecule has 18 heavy (non-hydrogen) atoms. The smallest absolute Gasteiger partial charge is 0.308 e. The molecule has 94 valence electrons. The summed E-state index contributed by atoms with van der Waals surface area (Å²) in [6.07, 6.45) is 0. The van der Waals surface area contributed by atoms with Crippen molar-refractivity contribution in [3.05, 3.63) is 39.8 Å². The number of nitro groups is 1. The molecule has 0 amide bonds. The Morgan fingerprint density at radius 2 is 2.11 bits per heavy atom. The molecule has 0 bridgehead atoms. The van der Waals surface area contributed by atoms with Gasteiger partial charge in [-0.15, -0.1) is 10.2 Å². The van der Waals surface area contributed by atoms with Crippen LogP contribution in [-0.4, -0.2) is 15.1 Å². The largest absolute Gasteiger partial charge is 0.419 e. The van der Waals surface area contributed by atoms with Crippen molar-refractivity contribution in [2.24, 2.45) is 5.73 Å². The summed E-state index contributed by atoms with van der Waals surface area (Å²) in [5.41, 5.74) is 3.73. The van der Waals surface area contributed by atoms with Gasteiger partial charge in [0.15, 0.2) is 0 Å². The van der Waals surface area contributed by atoms with E-state index in [0.29, 0.717) is 6.07 Å². The van der Waals surface area contributed by atoms with Crippen LogP contribution in [0.2, 0.25) is 0 Å². The molecule has 0 saturated heterocycles. The van der Waals surface area contributed by atoms with Crippen LogP contribution in [0.3, 0.4) is 0 Å². The minimum absolute atomic E-state index is 0.0105. The minimum Gasteiger partial charge on any atom is -0.419 e. The number of halogens is 2. The molecule has 2 rings (SSSR count). The Labute approximate surface area is 98.4 Å². The Kier molecular flexibility index (Phi) is 2.98. The predicted molar refractivity (Wildman–Crippen MR) is 54.2 cm³/mol. The van der Waals surface area contributed by atoms with Crippen molar-refractivity contribution in [3.63, 3.8) is 0 Å². The second-order valence-electron chi connectivity index (χ2n) is 3.25. The zero-order valence-corrected chi connectivity index (χ0v) is 8.76. The number of hydrogen-bond donors (Lipinski definition) is 1. The van der Waals surface area contributed by atoms with Gasteiger partial charge in [-0.1, -0.05) is 0 Å². The molecule has 0 saturated carbocycles. The molecule has 0 atom stereocenters. The van der Waals surface area contributed by atoms with Gasteiger partial charge in [-0.05, 0) is 6.07 Å². The van der Waals surface area contributed by atoms with Crippen LogP contribution in [0.1, 0.15) is 5.89 Å². The Hall–Kier alpha value is -2.42. The summed E-state index contributed by atoms with van der Waals surface area (Å²) in [6.45, 7) is -0.0774. The Balaban J connectivity index is 2.60. The minimum atomic E-state index is -1.24. The van der Waals surface area contributed by atoms with E-state index in [9.17, 15) is 18.9 Å². The number of nitrogens with two attached hydrogens (primary N) is 1. The van der Waals surface area contributed by atoms with E-state index in [-0.39, 0.29) is 18.3 Å².